The van der Waals surface area contributed by atoms with Gasteiger partial charge in [-0.15, -0.1) is 0 Å². The Bertz CT molecular complexity index is 595. The summed E-state index contributed by atoms with van der Waals surface area (Å²) < 4.78 is 0. The van der Waals surface area contributed by atoms with Crippen LogP contribution >= 0.6 is 0 Å². The molecule has 2 fully saturated rings. The monoisotopic (exact) mass is 374 g/mol. The van der Waals surface area contributed by atoms with Crippen molar-refractivity contribution in [2.75, 3.05) is 37.6 Å². The highest BCUT2D eigenvalue weighted by molar-refractivity contribution is 5.84. The number of urea groups is 1. The number of nitrogens with zero attached hydrogens (tertiary/aromatic N) is 4. The molecule has 148 valence electrons. The van der Waals surface area contributed by atoms with Crippen molar-refractivity contribution < 1.29 is 9.59 Å². The number of nitrogens with one attached hydrogen (secondary N) is 2. The second-order valence-corrected chi connectivity index (χ2v) is 7.29. The average Bonchev–Trinajstić information content (AvgIpc) is 2.69. The third-order valence-corrected chi connectivity index (χ3v) is 5.27. The van der Waals surface area contributed by atoms with E-state index in [0.717, 1.165) is 12.8 Å². The summed E-state index contributed by atoms with van der Waals surface area (Å²) in [5.41, 5.74) is 0. The van der Waals surface area contributed by atoms with Gasteiger partial charge in [-0.3, -0.25) is 4.79 Å². The van der Waals surface area contributed by atoms with Crippen molar-refractivity contribution in [1.29, 1.82) is 0 Å². The normalized spacial score (nSPS) is 19.1. The van der Waals surface area contributed by atoms with E-state index in [4.69, 9.17) is 0 Å². The molecule has 1 aliphatic carbocycles. The summed E-state index contributed by atoms with van der Waals surface area (Å²) in [4.78, 5) is 36.8. The lowest BCUT2D eigenvalue weighted by molar-refractivity contribution is -0.120. The first-order chi connectivity index (χ1) is 13.2. The van der Waals surface area contributed by atoms with Gasteiger partial charge in [-0.2, -0.15) is 0 Å². The van der Waals surface area contributed by atoms with E-state index in [1.807, 2.05) is 0 Å². The molecule has 2 N–H and O–H groups in total. The fraction of sp³-hybridized carbons (Fsp3) is 0.684. The van der Waals surface area contributed by atoms with Gasteiger partial charge in [0.25, 0.3) is 0 Å². The predicted octanol–water partition coefficient (Wildman–Crippen LogP) is 1.54. The number of anilines is 1. The SMILES string of the molecule is O=C(CNC(=O)N1CCN(c2ncccn2)CC1)NC1CCCCCCC1. The molecule has 27 heavy (non-hydrogen) atoms. The van der Waals surface area contributed by atoms with Crippen molar-refractivity contribution >= 4 is 17.9 Å². The molecule has 1 aliphatic heterocycles. The summed E-state index contributed by atoms with van der Waals surface area (Å²) in [6.45, 7) is 2.59. The van der Waals surface area contributed by atoms with E-state index in [9.17, 15) is 9.59 Å². The second-order valence-electron chi connectivity index (χ2n) is 7.29. The zero-order valence-corrected chi connectivity index (χ0v) is 15.9. The van der Waals surface area contributed by atoms with E-state index >= 15 is 0 Å². The molecule has 0 unspecified atom stereocenters. The predicted molar refractivity (Wildman–Crippen MR) is 103 cm³/mol. The number of aromatic nitrogens is 2. The molecule has 8 heteroatoms. The highest BCUT2D eigenvalue weighted by Gasteiger charge is 2.23. The van der Waals surface area contributed by atoms with Crippen LogP contribution in [0.3, 0.4) is 0 Å². The van der Waals surface area contributed by atoms with Crippen LogP contribution in [0.25, 0.3) is 0 Å². The molecule has 1 saturated heterocycles. The average molecular weight is 374 g/mol. The largest absolute Gasteiger partial charge is 0.352 e. The molecular weight excluding hydrogens is 344 g/mol. The number of hydrogen-bond acceptors (Lipinski definition) is 5. The first-order valence-electron chi connectivity index (χ1n) is 10.1. The van der Waals surface area contributed by atoms with Crippen molar-refractivity contribution in [1.82, 2.24) is 25.5 Å². The van der Waals surface area contributed by atoms with Crippen molar-refractivity contribution in [3.8, 4) is 0 Å². The summed E-state index contributed by atoms with van der Waals surface area (Å²) in [6, 6.07) is 1.86. The molecule has 3 rings (SSSR count). The Labute approximate surface area is 160 Å². The van der Waals surface area contributed by atoms with Crippen LogP contribution in [-0.4, -0.2) is 65.6 Å². The molecule has 1 aromatic heterocycles. The fourth-order valence-electron chi connectivity index (χ4n) is 3.71. The maximum atomic E-state index is 12.3. The Morgan fingerprint density at radius 1 is 0.963 bits per heavy atom. The minimum absolute atomic E-state index is 0.0390. The Balaban J connectivity index is 1.36. The molecule has 1 saturated carbocycles. The number of amides is 3. The molecule has 0 bridgehead atoms. The van der Waals surface area contributed by atoms with Gasteiger partial charge in [0, 0.05) is 44.6 Å². The van der Waals surface area contributed by atoms with Crippen molar-refractivity contribution in [3.63, 3.8) is 0 Å². The number of carbonyl (C=O) groups is 2. The minimum Gasteiger partial charge on any atom is -0.352 e. The van der Waals surface area contributed by atoms with E-state index in [2.05, 4.69) is 25.5 Å². The molecule has 2 aliphatic rings. The molecular formula is C19H30N6O2. The van der Waals surface area contributed by atoms with Crippen LogP contribution in [0.2, 0.25) is 0 Å². The van der Waals surface area contributed by atoms with Crippen LogP contribution in [0.4, 0.5) is 10.7 Å². The molecule has 0 radical (unpaired) electrons. The van der Waals surface area contributed by atoms with E-state index < -0.39 is 0 Å². The molecule has 0 spiro atoms. The lowest BCUT2D eigenvalue weighted by atomic mass is 9.97. The zero-order valence-electron chi connectivity index (χ0n) is 15.9. The second kappa shape index (κ2) is 10.1. The summed E-state index contributed by atoms with van der Waals surface area (Å²) in [5.74, 6) is 0.599. The molecule has 3 amide bonds. The van der Waals surface area contributed by atoms with Gasteiger partial charge in [0.05, 0.1) is 6.54 Å². The van der Waals surface area contributed by atoms with Crippen LogP contribution in [-0.2, 0) is 4.79 Å². The Kier molecular flexibility index (Phi) is 7.24. The Morgan fingerprint density at radius 2 is 1.59 bits per heavy atom. The highest BCUT2D eigenvalue weighted by Crippen LogP contribution is 2.17. The van der Waals surface area contributed by atoms with Crippen LogP contribution in [0.1, 0.15) is 44.9 Å². The Morgan fingerprint density at radius 3 is 2.26 bits per heavy atom. The fourth-order valence-corrected chi connectivity index (χ4v) is 3.71. The van der Waals surface area contributed by atoms with E-state index in [1.165, 1.54) is 32.1 Å². The Hall–Kier alpha value is -2.38. The van der Waals surface area contributed by atoms with Crippen LogP contribution in [0, 0.1) is 0 Å². The van der Waals surface area contributed by atoms with Gasteiger partial charge in [-0.25, -0.2) is 14.8 Å². The van der Waals surface area contributed by atoms with Gasteiger partial charge in [-0.1, -0.05) is 32.1 Å². The summed E-state index contributed by atoms with van der Waals surface area (Å²) >= 11 is 0. The molecule has 0 aromatic carbocycles. The molecule has 8 nitrogen and oxygen atoms in total. The molecule has 1 aromatic rings. The summed E-state index contributed by atoms with van der Waals surface area (Å²) in [7, 11) is 0. The van der Waals surface area contributed by atoms with Gasteiger partial charge in [0.2, 0.25) is 11.9 Å². The van der Waals surface area contributed by atoms with Gasteiger partial charge in [0.15, 0.2) is 0 Å². The van der Waals surface area contributed by atoms with E-state index in [0.29, 0.717) is 32.1 Å². The van der Waals surface area contributed by atoms with Gasteiger partial charge in [0.1, 0.15) is 0 Å². The van der Waals surface area contributed by atoms with Crippen molar-refractivity contribution in [2.45, 2.75) is 51.0 Å². The van der Waals surface area contributed by atoms with Gasteiger partial charge < -0.3 is 20.4 Å². The lowest BCUT2D eigenvalue weighted by Gasteiger charge is -2.34. The summed E-state index contributed by atoms with van der Waals surface area (Å²) in [5, 5.41) is 5.83. The maximum Gasteiger partial charge on any atom is 0.317 e. The highest BCUT2D eigenvalue weighted by atomic mass is 16.2. The lowest BCUT2D eigenvalue weighted by Crippen LogP contribution is -2.53. The number of carbonyl (C=O) groups excluding carboxylic acids is 2. The number of piperazine rings is 1. The first-order valence-corrected chi connectivity index (χ1v) is 10.1. The number of rotatable bonds is 4. The van der Waals surface area contributed by atoms with E-state index in [1.54, 1.807) is 23.4 Å². The third kappa shape index (κ3) is 6.08. The maximum absolute atomic E-state index is 12.3. The first kappa shape index (κ1) is 19.4. The van der Waals surface area contributed by atoms with Crippen LogP contribution in [0.15, 0.2) is 18.5 Å². The van der Waals surface area contributed by atoms with Gasteiger partial charge in [-0.05, 0) is 18.9 Å². The number of hydrogen-bond donors (Lipinski definition) is 2. The standard InChI is InChI=1S/C19H30N6O2/c26-17(23-16-7-4-2-1-3-5-8-16)15-22-19(27)25-13-11-24(12-14-25)18-20-9-6-10-21-18/h6,9-10,16H,1-5,7-8,11-15H2,(H,22,27)(H,23,26). The molecule has 0 atom stereocenters. The third-order valence-electron chi connectivity index (χ3n) is 5.27. The smallest absolute Gasteiger partial charge is 0.317 e. The van der Waals surface area contributed by atoms with Crippen molar-refractivity contribution in [3.05, 3.63) is 18.5 Å². The van der Waals surface area contributed by atoms with Crippen LogP contribution < -0.4 is 15.5 Å². The van der Waals surface area contributed by atoms with Gasteiger partial charge >= 0.3 is 6.03 Å². The zero-order chi connectivity index (χ0) is 18.9. The topological polar surface area (TPSA) is 90.5 Å². The molecule has 2 heterocycles. The van der Waals surface area contributed by atoms with Crippen LogP contribution in [0.5, 0.6) is 0 Å². The van der Waals surface area contributed by atoms with E-state index in [-0.39, 0.29) is 24.5 Å². The van der Waals surface area contributed by atoms with Crippen molar-refractivity contribution in [2.24, 2.45) is 0 Å². The quantitative estimate of drug-likeness (QED) is 0.834. The summed E-state index contributed by atoms with van der Waals surface area (Å²) in [6.07, 6.45) is 11.7. The minimum atomic E-state index is -0.184.